The first-order chi connectivity index (χ1) is 13.4. The maximum Gasteiger partial charge on any atom is 0.317 e. The van der Waals surface area contributed by atoms with Crippen molar-refractivity contribution < 1.29 is 14.7 Å². The first kappa shape index (κ1) is 20.6. The van der Waals surface area contributed by atoms with Gasteiger partial charge in [-0.3, -0.25) is 9.69 Å². The van der Waals surface area contributed by atoms with E-state index in [1.807, 2.05) is 35.2 Å². The number of benzene rings is 1. The van der Waals surface area contributed by atoms with Crippen molar-refractivity contribution in [1.29, 1.82) is 0 Å². The lowest BCUT2D eigenvalue weighted by Gasteiger charge is -2.32. The highest BCUT2D eigenvalue weighted by atomic mass is 16.4. The number of carbonyl (C=O) groups is 2. The molecule has 2 aliphatic heterocycles. The highest BCUT2D eigenvalue weighted by Crippen LogP contribution is 2.32. The molecule has 2 saturated heterocycles. The van der Waals surface area contributed by atoms with Gasteiger partial charge < -0.3 is 15.3 Å². The predicted octanol–water partition coefficient (Wildman–Crippen LogP) is 3.12. The van der Waals surface area contributed by atoms with Gasteiger partial charge in [0.1, 0.15) is 0 Å². The van der Waals surface area contributed by atoms with Crippen molar-refractivity contribution in [3.05, 3.63) is 35.9 Å². The van der Waals surface area contributed by atoms with E-state index in [2.05, 4.69) is 24.1 Å². The maximum atomic E-state index is 13.0. The minimum absolute atomic E-state index is 0.0532. The first-order valence-corrected chi connectivity index (χ1v) is 10.5. The second-order valence-corrected chi connectivity index (χ2v) is 8.43. The molecule has 2 aliphatic rings. The van der Waals surface area contributed by atoms with Crippen LogP contribution < -0.4 is 5.32 Å². The quantitative estimate of drug-likeness (QED) is 0.754. The lowest BCUT2D eigenvalue weighted by atomic mass is 10.0. The van der Waals surface area contributed by atoms with Gasteiger partial charge in [-0.15, -0.1) is 0 Å². The van der Waals surface area contributed by atoms with Crippen LogP contribution in [0.1, 0.15) is 51.5 Å². The Morgan fingerprint density at radius 3 is 2.54 bits per heavy atom. The summed E-state index contributed by atoms with van der Waals surface area (Å²) in [6, 6.07) is 11.2. The van der Waals surface area contributed by atoms with E-state index in [9.17, 15) is 9.59 Å². The summed E-state index contributed by atoms with van der Waals surface area (Å²) in [5.41, 5.74) is 1.11. The Hall–Kier alpha value is -2.08. The Morgan fingerprint density at radius 2 is 1.86 bits per heavy atom. The van der Waals surface area contributed by atoms with E-state index < -0.39 is 5.97 Å². The smallest absolute Gasteiger partial charge is 0.317 e. The van der Waals surface area contributed by atoms with Crippen LogP contribution in [0, 0.1) is 0 Å². The normalized spacial score (nSPS) is 23.5. The van der Waals surface area contributed by atoms with E-state index in [0.717, 1.165) is 31.5 Å². The van der Waals surface area contributed by atoms with E-state index >= 15 is 0 Å². The molecule has 1 aromatic rings. The Kier molecular flexibility index (Phi) is 6.94. The monoisotopic (exact) mass is 387 g/mol. The number of hydrogen-bond acceptors (Lipinski definition) is 3. The van der Waals surface area contributed by atoms with Crippen molar-refractivity contribution in [2.24, 2.45) is 0 Å². The van der Waals surface area contributed by atoms with Crippen LogP contribution >= 0.6 is 0 Å². The largest absolute Gasteiger partial charge is 0.481 e. The molecule has 2 fully saturated rings. The summed E-state index contributed by atoms with van der Waals surface area (Å²) in [5.74, 6) is -0.827. The van der Waals surface area contributed by atoms with Crippen LogP contribution in [0.25, 0.3) is 0 Å². The predicted molar refractivity (Wildman–Crippen MR) is 109 cm³/mol. The van der Waals surface area contributed by atoms with Gasteiger partial charge in [0, 0.05) is 43.7 Å². The topological polar surface area (TPSA) is 72.9 Å². The molecular weight excluding hydrogens is 354 g/mol. The molecule has 0 aliphatic carbocycles. The molecule has 28 heavy (non-hydrogen) atoms. The number of carbonyl (C=O) groups excluding carboxylic acids is 1. The Morgan fingerprint density at radius 1 is 1.14 bits per heavy atom. The van der Waals surface area contributed by atoms with Crippen LogP contribution in [0.15, 0.2) is 30.3 Å². The molecule has 0 aromatic heterocycles. The van der Waals surface area contributed by atoms with Gasteiger partial charge in [-0.25, -0.2) is 4.79 Å². The molecular formula is C22H33N3O3. The summed E-state index contributed by atoms with van der Waals surface area (Å²) in [6.07, 6.45) is 4.54. The third-order valence-electron chi connectivity index (χ3n) is 6.08. The van der Waals surface area contributed by atoms with E-state index in [-0.39, 0.29) is 18.5 Å². The second kappa shape index (κ2) is 9.41. The highest BCUT2D eigenvalue weighted by Gasteiger charge is 2.39. The zero-order valence-electron chi connectivity index (χ0n) is 17.0. The summed E-state index contributed by atoms with van der Waals surface area (Å²) >= 11 is 0. The lowest BCUT2D eigenvalue weighted by molar-refractivity contribution is -0.137. The van der Waals surface area contributed by atoms with Crippen LogP contribution in [0.4, 0.5) is 4.79 Å². The third-order valence-corrected chi connectivity index (χ3v) is 6.08. The fraction of sp³-hybridized carbons (Fsp3) is 0.636. The van der Waals surface area contributed by atoms with Crippen molar-refractivity contribution in [3.8, 4) is 0 Å². The standard InChI is InChI=1S/C22H33N3O3/c1-16(2)25-19-9-10-20(25)15-24(13-12-19)22(28)23-18(8-11-21(26)27)14-17-6-4-3-5-7-17/h3-7,16,18-20H,8-15H2,1-2H3,(H,23,28)(H,26,27). The second-order valence-electron chi connectivity index (χ2n) is 8.43. The summed E-state index contributed by atoms with van der Waals surface area (Å²) in [5, 5.41) is 12.2. The molecule has 2 amide bonds. The number of carboxylic acids is 1. The highest BCUT2D eigenvalue weighted by molar-refractivity contribution is 5.75. The van der Waals surface area contributed by atoms with Gasteiger partial charge in [0.25, 0.3) is 0 Å². The number of aliphatic carboxylic acids is 1. The summed E-state index contributed by atoms with van der Waals surface area (Å²) in [7, 11) is 0. The van der Waals surface area contributed by atoms with Crippen LogP contribution in [-0.2, 0) is 11.2 Å². The SMILES string of the molecule is CC(C)N1C2CCC1CN(C(=O)NC(CCC(=O)O)Cc1ccccc1)CC2. The lowest BCUT2D eigenvalue weighted by Crippen LogP contribution is -2.49. The van der Waals surface area contributed by atoms with E-state index in [1.165, 1.54) is 6.42 Å². The number of fused-ring (bicyclic) bond motifs is 2. The number of nitrogens with zero attached hydrogens (tertiary/aromatic N) is 2. The van der Waals surface area contributed by atoms with Gasteiger partial charge in [-0.1, -0.05) is 30.3 Å². The average Bonchev–Trinajstić information content (AvgIpc) is 2.94. The van der Waals surface area contributed by atoms with Gasteiger partial charge in [0.2, 0.25) is 0 Å². The molecule has 6 heteroatoms. The van der Waals surface area contributed by atoms with Crippen molar-refractivity contribution in [2.75, 3.05) is 13.1 Å². The van der Waals surface area contributed by atoms with E-state index in [1.54, 1.807) is 0 Å². The van der Waals surface area contributed by atoms with Crippen LogP contribution in [0.3, 0.4) is 0 Å². The Labute approximate surface area is 167 Å². The number of hydrogen-bond donors (Lipinski definition) is 2. The number of likely N-dealkylation sites (tertiary alicyclic amines) is 1. The summed E-state index contributed by atoms with van der Waals surface area (Å²) in [6.45, 7) is 6.01. The van der Waals surface area contributed by atoms with Gasteiger partial charge >= 0.3 is 12.0 Å². The number of rotatable bonds is 7. The molecule has 3 atom stereocenters. The first-order valence-electron chi connectivity index (χ1n) is 10.5. The maximum absolute atomic E-state index is 13.0. The molecule has 2 bridgehead atoms. The average molecular weight is 388 g/mol. The number of urea groups is 1. The van der Waals surface area contributed by atoms with Crippen LogP contribution in [0.5, 0.6) is 0 Å². The Balaban J connectivity index is 1.63. The molecule has 2 N–H and O–H groups in total. The number of nitrogens with one attached hydrogen (secondary N) is 1. The van der Waals surface area contributed by atoms with Crippen molar-refractivity contribution in [3.63, 3.8) is 0 Å². The molecule has 0 spiro atoms. The molecule has 2 heterocycles. The zero-order chi connectivity index (χ0) is 20.1. The zero-order valence-corrected chi connectivity index (χ0v) is 17.0. The fourth-order valence-corrected chi connectivity index (χ4v) is 4.83. The van der Waals surface area contributed by atoms with Crippen LogP contribution in [-0.4, -0.2) is 64.2 Å². The molecule has 154 valence electrons. The van der Waals surface area contributed by atoms with Gasteiger partial charge in [0.05, 0.1) is 0 Å². The fourth-order valence-electron chi connectivity index (χ4n) is 4.83. The number of amides is 2. The van der Waals surface area contributed by atoms with Crippen molar-refractivity contribution in [1.82, 2.24) is 15.1 Å². The number of carboxylic acid groups (broad SMARTS) is 1. The summed E-state index contributed by atoms with van der Waals surface area (Å²) < 4.78 is 0. The van der Waals surface area contributed by atoms with Gasteiger partial charge in [-0.05, 0) is 51.5 Å². The van der Waals surface area contributed by atoms with Gasteiger partial charge in [0.15, 0.2) is 0 Å². The minimum Gasteiger partial charge on any atom is -0.481 e. The van der Waals surface area contributed by atoms with Crippen LogP contribution in [0.2, 0.25) is 0 Å². The van der Waals surface area contributed by atoms with Gasteiger partial charge in [-0.2, -0.15) is 0 Å². The van der Waals surface area contributed by atoms with Crippen molar-refractivity contribution in [2.45, 2.75) is 76.5 Å². The van der Waals surface area contributed by atoms with Crippen molar-refractivity contribution >= 4 is 12.0 Å². The molecule has 0 saturated carbocycles. The molecule has 6 nitrogen and oxygen atoms in total. The van der Waals surface area contributed by atoms with E-state index in [0.29, 0.717) is 31.0 Å². The molecule has 0 radical (unpaired) electrons. The Bertz CT molecular complexity index is 664. The molecule has 3 rings (SSSR count). The molecule has 1 aromatic carbocycles. The molecule has 3 unspecified atom stereocenters. The van der Waals surface area contributed by atoms with E-state index in [4.69, 9.17) is 5.11 Å². The third kappa shape index (κ3) is 5.25. The minimum atomic E-state index is -0.827. The summed E-state index contributed by atoms with van der Waals surface area (Å²) in [4.78, 5) is 28.6.